The average molecular weight is 271 g/mol. The van der Waals surface area contributed by atoms with Crippen molar-refractivity contribution >= 4 is 0 Å². The highest BCUT2D eigenvalue weighted by Crippen LogP contribution is 2.30. The fourth-order valence-electron chi connectivity index (χ4n) is 2.55. The highest BCUT2D eigenvalue weighted by atomic mass is 15.3. The van der Waals surface area contributed by atoms with E-state index in [1.54, 1.807) is 0 Å². The van der Waals surface area contributed by atoms with Crippen LogP contribution in [0.2, 0.25) is 0 Å². The van der Waals surface area contributed by atoms with E-state index >= 15 is 0 Å². The summed E-state index contributed by atoms with van der Waals surface area (Å²) in [5.74, 6) is 0. The van der Waals surface area contributed by atoms with E-state index in [1.165, 1.54) is 16.7 Å². The summed E-state index contributed by atoms with van der Waals surface area (Å²) in [4.78, 5) is 0. The molecule has 0 aliphatic rings. The summed E-state index contributed by atoms with van der Waals surface area (Å²) in [6.07, 6.45) is 2.16. The standard InChI is InChI=1S/C17H25N3/c1-6-18-13(4)15-9-7-8-10-16(15)17-11-20(12(2)3)19-14(17)5/h7-13,18H,6H2,1-5H3. The van der Waals surface area contributed by atoms with E-state index in [1.807, 2.05) is 4.68 Å². The molecule has 1 unspecified atom stereocenters. The van der Waals surface area contributed by atoms with Crippen LogP contribution in [-0.4, -0.2) is 16.3 Å². The second-order valence-electron chi connectivity index (χ2n) is 5.57. The molecule has 0 fully saturated rings. The van der Waals surface area contributed by atoms with Crippen LogP contribution in [-0.2, 0) is 0 Å². The molecule has 0 radical (unpaired) electrons. The van der Waals surface area contributed by atoms with Crippen LogP contribution in [0.5, 0.6) is 0 Å². The molecular weight excluding hydrogens is 246 g/mol. The first kappa shape index (κ1) is 14.8. The van der Waals surface area contributed by atoms with Gasteiger partial charge in [0.05, 0.1) is 5.69 Å². The quantitative estimate of drug-likeness (QED) is 0.887. The van der Waals surface area contributed by atoms with E-state index in [4.69, 9.17) is 0 Å². The van der Waals surface area contributed by atoms with Crippen molar-refractivity contribution in [3.63, 3.8) is 0 Å². The third kappa shape index (κ3) is 2.93. The molecule has 108 valence electrons. The van der Waals surface area contributed by atoms with Gasteiger partial charge >= 0.3 is 0 Å². The minimum absolute atomic E-state index is 0.345. The summed E-state index contributed by atoms with van der Waals surface area (Å²) < 4.78 is 2.04. The highest BCUT2D eigenvalue weighted by molar-refractivity contribution is 5.69. The Bertz CT molecular complexity index is 569. The number of aromatic nitrogens is 2. The van der Waals surface area contributed by atoms with Gasteiger partial charge in [0.25, 0.3) is 0 Å². The Morgan fingerprint density at radius 3 is 2.45 bits per heavy atom. The number of nitrogens with zero attached hydrogens (tertiary/aromatic N) is 2. The molecule has 2 rings (SSSR count). The number of aryl methyl sites for hydroxylation is 1. The van der Waals surface area contributed by atoms with Gasteiger partial charge in [0.2, 0.25) is 0 Å². The number of benzene rings is 1. The van der Waals surface area contributed by atoms with Gasteiger partial charge in [-0.2, -0.15) is 5.10 Å². The SMILES string of the molecule is CCNC(C)c1ccccc1-c1cn(C(C)C)nc1C. The number of hydrogen-bond acceptors (Lipinski definition) is 2. The zero-order valence-corrected chi connectivity index (χ0v) is 13.1. The topological polar surface area (TPSA) is 29.9 Å². The summed E-state index contributed by atoms with van der Waals surface area (Å²) in [6, 6.07) is 9.34. The predicted octanol–water partition coefficient (Wildman–Crippen LogP) is 4.11. The lowest BCUT2D eigenvalue weighted by molar-refractivity contribution is 0.529. The minimum atomic E-state index is 0.345. The molecule has 1 heterocycles. The Balaban J connectivity index is 2.47. The van der Waals surface area contributed by atoms with E-state index in [-0.39, 0.29) is 0 Å². The predicted molar refractivity (Wildman–Crippen MR) is 84.9 cm³/mol. The first-order chi connectivity index (χ1) is 9.54. The normalized spacial score (nSPS) is 12.9. The fraction of sp³-hybridized carbons (Fsp3) is 0.471. The maximum absolute atomic E-state index is 4.63. The Morgan fingerprint density at radius 2 is 1.85 bits per heavy atom. The number of hydrogen-bond donors (Lipinski definition) is 1. The smallest absolute Gasteiger partial charge is 0.0672 e. The summed E-state index contributed by atoms with van der Waals surface area (Å²) in [5.41, 5.74) is 4.94. The third-order valence-electron chi connectivity index (χ3n) is 3.67. The molecule has 0 aliphatic heterocycles. The molecular formula is C17H25N3. The molecule has 3 nitrogen and oxygen atoms in total. The lowest BCUT2D eigenvalue weighted by Crippen LogP contribution is -2.18. The molecule has 3 heteroatoms. The molecule has 0 amide bonds. The van der Waals surface area contributed by atoms with E-state index < -0.39 is 0 Å². The van der Waals surface area contributed by atoms with E-state index in [0.717, 1.165) is 12.2 Å². The Morgan fingerprint density at radius 1 is 1.15 bits per heavy atom. The molecule has 1 atom stereocenters. The molecule has 1 aromatic heterocycles. The fourth-order valence-corrected chi connectivity index (χ4v) is 2.55. The van der Waals surface area contributed by atoms with Crippen molar-refractivity contribution in [2.45, 2.75) is 46.7 Å². The largest absolute Gasteiger partial charge is 0.310 e. The molecule has 0 spiro atoms. The summed E-state index contributed by atoms with van der Waals surface area (Å²) >= 11 is 0. The molecule has 1 N–H and O–H groups in total. The summed E-state index contributed by atoms with van der Waals surface area (Å²) in [7, 11) is 0. The van der Waals surface area contributed by atoms with Gasteiger partial charge < -0.3 is 5.32 Å². The van der Waals surface area contributed by atoms with Crippen LogP contribution in [0.1, 0.15) is 51.0 Å². The molecule has 20 heavy (non-hydrogen) atoms. The monoisotopic (exact) mass is 271 g/mol. The van der Waals surface area contributed by atoms with Gasteiger partial charge in [-0.25, -0.2) is 0 Å². The van der Waals surface area contributed by atoms with Crippen molar-refractivity contribution in [2.75, 3.05) is 6.54 Å². The zero-order chi connectivity index (χ0) is 14.7. The van der Waals surface area contributed by atoms with Crippen molar-refractivity contribution in [2.24, 2.45) is 0 Å². The number of nitrogens with one attached hydrogen (secondary N) is 1. The van der Waals surface area contributed by atoms with Gasteiger partial charge in [-0.15, -0.1) is 0 Å². The second-order valence-corrected chi connectivity index (χ2v) is 5.57. The van der Waals surface area contributed by atoms with Gasteiger partial charge in [0.15, 0.2) is 0 Å². The zero-order valence-electron chi connectivity index (χ0n) is 13.1. The Labute approximate surface area is 122 Å². The minimum Gasteiger partial charge on any atom is -0.310 e. The van der Waals surface area contributed by atoms with Crippen LogP contribution in [0, 0.1) is 6.92 Å². The lowest BCUT2D eigenvalue weighted by atomic mass is 9.96. The maximum atomic E-state index is 4.63. The van der Waals surface area contributed by atoms with E-state index in [9.17, 15) is 0 Å². The second kappa shape index (κ2) is 6.23. The molecule has 0 saturated carbocycles. The average Bonchev–Trinajstić information content (AvgIpc) is 2.81. The van der Waals surface area contributed by atoms with Gasteiger partial charge in [-0.05, 0) is 45.4 Å². The van der Waals surface area contributed by atoms with Crippen LogP contribution in [0.3, 0.4) is 0 Å². The van der Waals surface area contributed by atoms with Gasteiger partial charge in [0.1, 0.15) is 0 Å². The van der Waals surface area contributed by atoms with E-state index in [2.05, 4.69) is 75.5 Å². The summed E-state index contributed by atoms with van der Waals surface area (Å²) in [5, 5.41) is 8.12. The summed E-state index contributed by atoms with van der Waals surface area (Å²) in [6.45, 7) is 11.7. The molecule has 2 aromatic rings. The maximum Gasteiger partial charge on any atom is 0.0672 e. The van der Waals surface area contributed by atoms with Crippen molar-refractivity contribution < 1.29 is 0 Å². The van der Waals surface area contributed by atoms with E-state index in [0.29, 0.717) is 12.1 Å². The van der Waals surface area contributed by atoms with Crippen molar-refractivity contribution in [1.29, 1.82) is 0 Å². The third-order valence-corrected chi connectivity index (χ3v) is 3.67. The first-order valence-electron chi connectivity index (χ1n) is 7.43. The molecule has 1 aromatic carbocycles. The Hall–Kier alpha value is -1.61. The van der Waals surface area contributed by atoms with Crippen molar-refractivity contribution in [3.05, 3.63) is 41.7 Å². The lowest BCUT2D eigenvalue weighted by Gasteiger charge is -2.17. The van der Waals surface area contributed by atoms with Crippen LogP contribution >= 0.6 is 0 Å². The number of rotatable bonds is 5. The Kier molecular flexibility index (Phi) is 4.61. The van der Waals surface area contributed by atoms with Crippen molar-refractivity contribution in [1.82, 2.24) is 15.1 Å². The molecule has 0 saturated heterocycles. The van der Waals surface area contributed by atoms with Gasteiger partial charge in [-0.3, -0.25) is 4.68 Å². The first-order valence-corrected chi connectivity index (χ1v) is 7.43. The van der Waals surface area contributed by atoms with Gasteiger partial charge in [-0.1, -0.05) is 31.2 Å². The molecule has 0 aliphatic carbocycles. The highest BCUT2D eigenvalue weighted by Gasteiger charge is 2.15. The van der Waals surface area contributed by atoms with Crippen molar-refractivity contribution in [3.8, 4) is 11.1 Å². The molecule has 0 bridgehead atoms. The van der Waals surface area contributed by atoms with Crippen LogP contribution < -0.4 is 5.32 Å². The van der Waals surface area contributed by atoms with Crippen LogP contribution in [0.15, 0.2) is 30.5 Å². The van der Waals surface area contributed by atoms with Crippen LogP contribution in [0.25, 0.3) is 11.1 Å². The van der Waals surface area contributed by atoms with Crippen LogP contribution in [0.4, 0.5) is 0 Å². The van der Waals surface area contributed by atoms with Gasteiger partial charge in [0, 0.05) is 23.8 Å².